The molecule has 7 nitrogen and oxygen atoms in total. The Kier molecular flexibility index (Phi) is 10.1. The normalized spacial score (nSPS) is 21.0. The Morgan fingerprint density at radius 1 is 1.30 bits per heavy atom. The van der Waals surface area contributed by atoms with Crippen LogP contribution in [0.4, 0.5) is 0 Å². The van der Waals surface area contributed by atoms with Gasteiger partial charge >= 0.3 is 0 Å². The Balaban J connectivity index is 0.00000364. The quantitative estimate of drug-likeness (QED) is 0.214. The maximum absolute atomic E-state index is 11.8. The molecule has 0 aliphatic heterocycles. The van der Waals surface area contributed by atoms with E-state index >= 15 is 0 Å². The fourth-order valence-corrected chi connectivity index (χ4v) is 3.79. The number of rotatable bonds is 9. The fourth-order valence-electron chi connectivity index (χ4n) is 3.79. The lowest BCUT2D eigenvalue weighted by Crippen LogP contribution is -2.65. The first-order valence-electron chi connectivity index (χ1n) is 9.51. The molecule has 8 heteroatoms. The summed E-state index contributed by atoms with van der Waals surface area (Å²) in [5.74, 6) is 0.859. The molecule has 0 spiro atoms. The molecule has 1 aromatic heterocycles. The summed E-state index contributed by atoms with van der Waals surface area (Å²) in [5.41, 5.74) is 0.154. The molecule has 2 rings (SSSR count). The van der Waals surface area contributed by atoms with Gasteiger partial charge in [0, 0.05) is 38.2 Å². The predicted octanol–water partition coefficient (Wildman–Crippen LogP) is 2.78. The first kappa shape index (κ1) is 23.7. The lowest BCUT2D eigenvalue weighted by molar-refractivity contribution is -0.133. The molecule has 3 N–H and O–H groups in total. The fraction of sp³-hybridized carbons (Fsp3) is 0.684. The Labute approximate surface area is 179 Å². The van der Waals surface area contributed by atoms with Crippen LogP contribution >= 0.6 is 24.0 Å². The van der Waals surface area contributed by atoms with E-state index in [0.29, 0.717) is 31.0 Å². The van der Waals surface area contributed by atoms with Gasteiger partial charge in [0.25, 0.3) is 5.91 Å². The lowest BCUT2D eigenvalue weighted by atomic mass is 9.58. The zero-order chi connectivity index (χ0) is 19.0. The molecule has 1 aliphatic rings. The van der Waals surface area contributed by atoms with E-state index < -0.39 is 0 Å². The molecule has 27 heavy (non-hydrogen) atoms. The summed E-state index contributed by atoms with van der Waals surface area (Å²) in [6.45, 7) is 8.32. The van der Waals surface area contributed by atoms with Gasteiger partial charge in [-0.15, -0.1) is 24.0 Å². The van der Waals surface area contributed by atoms with Gasteiger partial charge in [-0.05, 0) is 38.3 Å². The molecule has 0 bridgehead atoms. The number of guanidine groups is 1. The summed E-state index contributed by atoms with van der Waals surface area (Å²) in [5, 5.41) is 9.59. The van der Waals surface area contributed by atoms with Crippen LogP contribution < -0.4 is 16.0 Å². The van der Waals surface area contributed by atoms with Crippen molar-refractivity contribution in [2.24, 2.45) is 10.4 Å². The molecule has 1 heterocycles. The second-order valence-corrected chi connectivity index (χ2v) is 6.55. The van der Waals surface area contributed by atoms with Crippen molar-refractivity contribution in [1.29, 1.82) is 0 Å². The van der Waals surface area contributed by atoms with E-state index in [-0.39, 0.29) is 35.3 Å². The summed E-state index contributed by atoms with van der Waals surface area (Å²) >= 11 is 0. The standard InChI is InChI=1S/C19H32N4O3.HI/c1-5-19(6-2)15(13-16(19)25-7-3)23-18(20-4)22-11-10-21-17(24)14-9-8-12-26-14;/h8-9,12,15-16H,5-7,10-11,13H2,1-4H3,(H,21,24)(H2,20,22,23);1H. The van der Waals surface area contributed by atoms with Crippen LogP contribution in [0, 0.1) is 5.41 Å². The van der Waals surface area contributed by atoms with Crippen LogP contribution in [0.25, 0.3) is 0 Å². The molecule has 0 radical (unpaired) electrons. The van der Waals surface area contributed by atoms with E-state index in [1.807, 2.05) is 6.92 Å². The molecule has 0 aromatic carbocycles. The molecule has 1 aromatic rings. The molecule has 1 amide bonds. The molecule has 0 saturated heterocycles. The third-order valence-electron chi connectivity index (χ3n) is 5.45. The summed E-state index contributed by atoms with van der Waals surface area (Å²) in [4.78, 5) is 16.1. The second-order valence-electron chi connectivity index (χ2n) is 6.55. The highest BCUT2D eigenvalue weighted by molar-refractivity contribution is 14.0. The maximum Gasteiger partial charge on any atom is 0.287 e. The number of amides is 1. The summed E-state index contributed by atoms with van der Waals surface area (Å²) in [7, 11) is 1.76. The van der Waals surface area contributed by atoms with Crippen molar-refractivity contribution in [2.75, 3.05) is 26.7 Å². The molecular formula is C19H33IN4O3. The number of carbonyl (C=O) groups excluding carboxylic acids is 1. The maximum atomic E-state index is 11.8. The number of hydrogen-bond donors (Lipinski definition) is 3. The van der Waals surface area contributed by atoms with Gasteiger partial charge in [-0.2, -0.15) is 0 Å². The van der Waals surface area contributed by atoms with Crippen molar-refractivity contribution < 1.29 is 13.9 Å². The van der Waals surface area contributed by atoms with E-state index in [2.05, 4.69) is 34.8 Å². The van der Waals surface area contributed by atoms with Crippen molar-refractivity contribution in [3.05, 3.63) is 24.2 Å². The zero-order valence-corrected chi connectivity index (χ0v) is 19.0. The van der Waals surface area contributed by atoms with E-state index in [4.69, 9.17) is 9.15 Å². The van der Waals surface area contributed by atoms with E-state index in [1.54, 1.807) is 19.2 Å². The van der Waals surface area contributed by atoms with Gasteiger partial charge < -0.3 is 25.1 Å². The highest BCUT2D eigenvalue weighted by Crippen LogP contribution is 2.48. The average Bonchev–Trinajstić information content (AvgIpc) is 3.18. The Morgan fingerprint density at radius 2 is 2.00 bits per heavy atom. The molecular weight excluding hydrogens is 459 g/mol. The van der Waals surface area contributed by atoms with Gasteiger partial charge in [0.15, 0.2) is 11.7 Å². The molecule has 1 fully saturated rings. The third-order valence-corrected chi connectivity index (χ3v) is 5.45. The smallest absolute Gasteiger partial charge is 0.287 e. The van der Waals surface area contributed by atoms with Gasteiger partial charge in [-0.25, -0.2) is 0 Å². The number of nitrogens with one attached hydrogen (secondary N) is 3. The number of ether oxygens (including phenoxy) is 1. The predicted molar refractivity (Wildman–Crippen MR) is 118 cm³/mol. The minimum atomic E-state index is -0.214. The van der Waals surface area contributed by atoms with Crippen LogP contribution in [0.2, 0.25) is 0 Å². The van der Waals surface area contributed by atoms with Crippen LogP contribution in [-0.2, 0) is 4.74 Å². The molecule has 2 atom stereocenters. The van der Waals surface area contributed by atoms with Crippen molar-refractivity contribution in [3.63, 3.8) is 0 Å². The second kappa shape index (κ2) is 11.5. The molecule has 1 aliphatic carbocycles. The van der Waals surface area contributed by atoms with Crippen LogP contribution in [0.5, 0.6) is 0 Å². The molecule has 154 valence electrons. The van der Waals surface area contributed by atoms with Crippen LogP contribution in [0.15, 0.2) is 27.8 Å². The highest BCUT2D eigenvalue weighted by Gasteiger charge is 2.53. The van der Waals surface area contributed by atoms with Gasteiger partial charge in [-0.3, -0.25) is 9.79 Å². The summed E-state index contributed by atoms with van der Waals surface area (Å²) in [6, 6.07) is 3.68. The SMILES string of the molecule is CCOC1CC(NC(=NC)NCCNC(=O)c2ccco2)C1(CC)CC.I. The Bertz CT molecular complexity index is 588. The number of halogens is 1. The molecule has 2 unspecified atom stereocenters. The third kappa shape index (κ3) is 5.60. The highest BCUT2D eigenvalue weighted by atomic mass is 127. The minimum Gasteiger partial charge on any atom is -0.459 e. The molecule has 1 saturated carbocycles. The Hall–Kier alpha value is -1.29. The first-order valence-corrected chi connectivity index (χ1v) is 9.51. The Morgan fingerprint density at radius 3 is 2.56 bits per heavy atom. The van der Waals surface area contributed by atoms with Gasteiger partial charge in [-0.1, -0.05) is 13.8 Å². The summed E-state index contributed by atoms with van der Waals surface area (Å²) in [6.07, 6.45) is 4.93. The largest absolute Gasteiger partial charge is 0.459 e. The number of nitrogens with zero attached hydrogens (tertiary/aromatic N) is 1. The van der Waals surface area contributed by atoms with Gasteiger partial charge in [0.05, 0.1) is 12.4 Å². The topological polar surface area (TPSA) is 87.9 Å². The van der Waals surface area contributed by atoms with Crippen molar-refractivity contribution >= 4 is 35.8 Å². The van der Waals surface area contributed by atoms with Crippen molar-refractivity contribution in [3.8, 4) is 0 Å². The van der Waals surface area contributed by atoms with Crippen molar-refractivity contribution in [1.82, 2.24) is 16.0 Å². The number of aliphatic imine (C=N–C) groups is 1. The number of furan rings is 1. The lowest BCUT2D eigenvalue weighted by Gasteiger charge is -2.55. The van der Waals surface area contributed by atoms with Gasteiger partial charge in [0.2, 0.25) is 0 Å². The van der Waals surface area contributed by atoms with Crippen molar-refractivity contribution in [2.45, 2.75) is 52.2 Å². The van der Waals surface area contributed by atoms with Gasteiger partial charge in [0.1, 0.15) is 0 Å². The first-order chi connectivity index (χ1) is 12.6. The van der Waals surface area contributed by atoms with E-state index in [1.165, 1.54) is 6.26 Å². The zero-order valence-electron chi connectivity index (χ0n) is 16.7. The van der Waals surface area contributed by atoms with Crippen LogP contribution in [-0.4, -0.2) is 50.8 Å². The number of carbonyl (C=O) groups is 1. The average molecular weight is 492 g/mol. The minimum absolute atomic E-state index is 0. The summed E-state index contributed by atoms with van der Waals surface area (Å²) < 4.78 is 11.0. The number of hydrogen-bond acceptors (Lipinski definition) is 4. The van der Waals surface area contributed by atoms with Crippen LogP contribution in [0.3, 0.4) is 0 Å². The van der Waals surface area contributed by atoms with E-state index in [0.717, 1.165) is 31.8 Å². The monoisotopic (exact) mass is 492 g/mol. The van der Waals surface area contributed by atoms with E-state index in [9.17, 15) is 4.79 Å². The van der Waals surface area contributed by atoms with Crippen LogP contribution in [0.1, 0.15) is 50.6 Å².